The summed E-state index contributed by atoms with van der Waals surface area (Å²) >= 11 is 0. The molecule has 0 bridgehead atoms. The molecule has 0 saturated carbocycles. The number of aromatic nitrogens is 4. The van der Waals surface area contributed by atoms with E-state index in [1.54, 1.807) is 36.1 Å². The highest BCUT2D eigenvalue weighted by Crippen LogP contribution is 2.24. The molecule has 15 heteroatoms. The molecule has 3 aromatic rings. The summed E-state index contributed by atoms with van der Waals surface area (Å²) in [6.07, 6.45) is -1.86. The lowest BCUT2D eigenvalue weighted by Crippen LogP contribution is -2.38. The van der Waals surface area contributed by atoms with Gasteiger partial charge in [-0.1, -0.05) is 11.3 Å². The number of alkyl halides is 3. The number of nitrogens with zero attached hydrogens (tertiary/aromatic N) is 5. The summed E-state index contributed by atoms with van der Waals surface area (Å²) in [7, 11) is -3.83. The van der Waals surface area contributed by atoms with Gasteiger partial charge in [0.15, 0.2) is 0 Å². The summed E-state index contributed by atoms with van der Waals surface area (Å²) in [6, 6.07) is 7.47. The first kappa shape index (κ1) is 26.0. The van der Waals surface area contributed by atoms with Crippen LogP contribution in [-0.2, 0) is 34.5 Å². The fourth-order valence-electron chi connectivity index (χ4n) is 2.96. The molecule has 10 nitrogen and oxygen atoms in total. The zero-order valence-corrected chi connectivity index (χ0v) is 18.9. The Morgan fingerprint density at radius 3 is 2.54 bits per heavy atom. The zero-order chi connectivity index (χ0) is 25.8. The number of rotatable bonds is 5. The predicted molar refractivity (Wildman–Crippen MR) is 111 cm³/mol. The van der Waals surface area contributed by atoms with E-state index in [1.165, 1.54) is 16.4 Å². The minimum atomic E-state index is -5.08. The summed E-state index contributed by atoms with van der Waals surface area (Å²) in [5.74, 6) is -2.72. The Hall–Kier alpha value is -3.59. The number of hydrogen-bond acceptors (Lipinski definition) is 7. The first-order chi connectivity index (χ1) is 16.4. The standard InChI is InChI=1S/C18H18FN5O3S.C2HF3O2/c1-13-4-5-15(9-16(13)19)28(25,26)23-7-8-24-18(11-23)17(21-22-24)12-27-14-3-2-6-20-10-14;3-2(4,5)1(6)7/h2-6,9-10H,7-8,11-12H2,1H3;(H,6,7). The average molecular weight is 517 g/mol. The molecule has 0 spiro atoms. The lowest BCUT2D eigenvalue weighted by atomic mass is 10.2. The lowest BCUT2D eigenvalue weighted by Gasteiger charge is -2.27. The molecule has 1 aliphatic rings. The van der Waals surface area contributed by atoms with Crippen molar-refractivity contribution in [2.24, 2.45) is 0 Å². The van der Waals surface area contributed by atoms with E-state index in [4.69, 9.17) is 14.6 Å². The van der Waals surface area contributed by atoms with Gasteiger partial charge >= 0.3 is 12.1 Å². The molecule has 0 amide bonds. The van der Waals surface area contributed by atoms with Crippen LogP contribution in [0.5, 0.6) is 5.75 Å². The summed E-state index contributed by atoms with van der Waals surface area (Å²) < 4.78 is 80.1. The van der Waals surface area contributed by atoms with Gasteiger partial charge in [-0.2, -0.15) is 17.5 Å². The van der Waals surface area contributed by atoms with E-state index in [0.717, 1.165) is 6.07 Å². The first-order valence-corrected chi connectivity index (χ1v) is 11.3. The molecule has 1 aliphatic heterocycles. The van der Waals surface area contributed by atoms with Crippen LogP contribution in [0, 0.1) is 12.7 Å². The van der Waals surface area contributed by atoms with Gasteiger partial charge in [-0.25, -0.2) is 22.3 Å². The number of carboxylic acids is 1. The number of aryl methyl sites for hydroxylation is 1. The SMILES string of the molecule is Cc1ccc(S(=O)(=O)N2CCn3nnc(COc4cccnc4)c3C2)cc1F.O=C(O)C(F)(F)F. The van der Waals surface area contributed by atoms with Crippen LogP contribution in [0.3, 0.4) is 0 Å². The Morgan fingerprint density at radius 2 is 1.94 bits per heavy atom. The third-order valence-corrected chi connectivity index (χ3v) is 6.68. The molecule has 0 aliphatic carbocycles. The van der Waals surface area contributed by atoms with E-state index in [9.17, 15) is 26.0 Å². The van der Waals surface area contributed by atoms with Gasteiger partial charge in [0.1, 0.15) is 23.9 Å². The molecule has 35 heavy (non-hydrogen) atoms. The normalized spacial score (nSPS) is 14.0. The number of hydrogen-bond donors (Lipinski definition) is 1. The minimum absolute atomic E-state index is 0.0651. The Morgan fingerprint density at radius 1 is 1.23 bits per heavy atom. The van der Waals surface area contributed by atoms with Crippen molar-refractivity contribution in [3.63, 3.8) is 0 Å². The Labute approximate surface area is 196 Å². The molecule has 3 heterocycles. The highest BCUT2D eigenvalue weighted by molar-refractivity contribution is 7.89. The van der Waals surface area contributed by atoms with Crippen LogP contribution in [-0.4, -0.2) is 56.5 Å². The average Bonchev–Trinajstić information content (AvgIpc) is 3.22. The number of fused-ring (bicyclic) bond motifs is 1. The topological polar surface area (TPSA) is 128 Å². The van der Waals surface area contributed by atoms with Crippen molar-refractivity contribution in [1.82, 2.24) is 24.3 Å². The van der Waals surface area contributed by atoms with Crippen molar-refractivity contribution in [3.8, 4) is 5.75 Å². The van der Waals surface area contributed by atoms with E-state index in [2.05, 4.69) is 15.3 Å². The molecule has 0 radical (unpaired) electrons. The summed E-state index contributed by atoms with van der Waals surface area (Å²) in [4.78, 5) is 12.8. The van der Waals surface area contributed by atoms with Gasteiger partial charge in [-0.15, -0.1) is 5.10 Å². The van der Waals surface area contributed by atoms with Gasteiger partial charge in [0.05, 0.1) is 29.9 Å². The molecule has 1 aromatic carbocycles. The fourth-order valence-corrected chi connectivity index (χ4v) is 4.36. The Balaban J connectivity index is 0.000000429. The number of pyridine rings is 1. The number of aliphatic carboxylic acids is 1. The van der Waals surface area contributed by atoms with Crippen molar-refractivity contribution < 1.29 is 40.6 Å². The van der Waals surface area contributed by atoms with Crippen molar-refractivity contribution in [2.75, 3.05) is 6.54 Å². The summed E-state index contributed by atoms with van der Waals surface area (Å²) in [5.41, 5.74) is 1.61. The summed E-state index contributed by atoms with van der Waals surface area (Å²) in [5, 5.41) is 15.3. The molecule has 0 fully saturated rings. The van der Waals surface area contributed by atoms with Crippen molar-refractivity contribution >= 4 is 16.0 Å². The number of carbonyl (C=O) groups is 1. The maximum atomic E-state index is 13.9. The van der Waals surface area contributed by atoms with Gasteiger partial charge in [-0.3, -0.25) is 4.98 Å². The number of sulfonamides is 1. The number of ether oxygens (including phenoxy) is 1. The number of carboxylic acid groups (broad SMARTS) is 1. The minimum Gasteiger partial charge on any atom is -0.486 e. The lowest BCUT2D eigenvalue weighted by molar-refractivity contribution is -0.192. The second-order valence-electron chi connectivity index (χ2n) is 7.24. The highest BCUT2D eigenvalue weighted by atomic mass is 32.2. The van der Waals surface area contributed by atoms with Gasteiger partial charge in [0, 0.05) is 12.7 Å². The zero-order valence-electron chi connectivity index (χ0n) is 18.1. The molecular formula is C20H19F4N5O5S. The van der Waals surface area contributed by atoms with Crippen molar-refractivity contribution in [1.29, 1.82) is 0 Å². The van der Waals surface area contributed by atoms with Crippen LogP contribution in [0.15, 0.2) is 47.6 Å². The number of halogens is 4. The van der Waals surface area contributed by atoms with E-state index in [-0.39, 0.29) is 24.6 Å². The predicted octanol–water partition coefficient (Wildman–Crippen LogP) is 2.54. The first-order valence-electron chi connectivity index (χ1n) is 9.90. The largest absolute Gasteiger partial charge is 0.490 e. The Kier molecular flexibility index (Phi) is 7.70. The molecule has 0 saturated heterocycles. The Bertz CT molecular complexity index is 1300. The highest BCUT2D eigenvalue weighted by Gasteiger charge is 2.38. The van der Waals surface area contributed by atoms with Crippen molar-refractivity contribution in [2.45, 2.75) is 37.7 Å². The monoisotopic (exact) mass is 517 g/mol. The van der Waals surface area contributed by atoms with Crippen LogP contribution >= 0.6 is 0 Å². The van der Waals surface area contributed by atoms with Crippen LogP contribution in [0.2, 0.25) is 0 Å². The molecule has 2 aromatic heterocycles. The molecule has 4 rings (SSSR count). The van der Waals surface area contributed by atoms with Crippen LogP contribution in [0.1, 0.15) is 17.0 Å². The van der Waals surface area contributed by atoms with Crippen molar-refractivity contribution in [3.05, 3.63) is 65.5 Å². The van der Waals surface area contributed by atoms with Gasteiger partial charge in [0.2, 0.25) is 10.0 Å². The molecule has 1 N–H and O–H groups in total. The number of benzene rings is 1. The molecular weight excluding hydrogens is 498 g/mol. The quantitative estimate of drug-likeness (QED) is 0.512. The van der Waals surface area contributed by atoms with E-state index < -0.39 is 28.0 Å². The van der Waals surface area contributed by atoms with Crippen LogP contribution in [0.4, 0.5) is 17.6 Å². The maximum Gasteiger partial charge on any atom is 0.490 e. The second kappa shape index (κ2) is 10.4. The van der Waals surface area contributed by atoms with Crippen LogP contribution < -0.4 is 4.74 Å². The van der Waals surface area contributed by atoms with Gasteiger partial charge < -0.3 is 9.84 Å². The molecule has 188 valence electrons. The third kappa shape index (κ3) is 6.30. The van der Waals surface area contributed by atoms with Gasteiger partial charge in [-0.05, 0) is 36.8 Å². The molecule has 0 atom stereocenters. The summed E-state index contributed by atoms with van der Waals surface area (Å²) in [6.45, 7) is 2.43. The van der Waals surface area contributed by atoms with Gasteiger partial charge in [0.25, 0.3) is 0 Å². The second-order valence-corrected chi connectivity index (χ2v) is 9.17. The smallest absolute Gasteiger partial charge is 0.486 e. The van der Waals surface area contributed by atoms with E-state index in [0.29, 0.717) is 29.2 Å². The third-order valence-electron chi connectivity index (χ3n) is 4.84. The molecule has 0 unspecified atom stereocenters. The maximum absolute atomic E-state index is 13.9. The van der Waals surface area contributed by atoms with Crippen LogP contribution in [0.25, 0.3) is 0 Å². The fraction of sp³-hybridized carbons (Fsp3) is 0.300. The van der Waals surface area contributed by atoms with E-state index >= 15 is 0 Å². The van der Waals surface area contributed by atoms with E-state index in [1.807, 2.05) is 0 Å².